The van der Waals surface area contributed by atoms with E-state index in [1.165, 1.54) is 5.56 Å². The first kappa shape index (κ1) is 17.3. The van der Waals surface area contributed by atoms with Gasteiger partial charge >= 0.3 is 5.97 Å². The standard InChI is InChI=1S/C20H24N2O3/c1-25-18-9-7-17(8-10-18)21-20(19(23)24)11-13-22(14-12-20)15-16-5-3-2-4-6-16/h2-10,21H,11-15H2,1H3,(H,23,24). The number of aliphatic carboxylic acids is 1. The quantitative estimate of drug-likeness (QED) is 0.845. The Labute approximate surface area is 148 Å². The first-order valence-corrected chi connectivity index (χ1v) is 8.53. The van der Waals surface area contributed by atoms with Crippen molar-refractivity contribution >= 4 is 11.7 Å². The van der Waals surface area contributed by atoms with Gasteiger partial charge in [-0.05, 0) is 42.7 Å². The van der Waals surface area contributed by atoms with Crippen LogP contribution in [0.5, 0.6) is 5.75 Å². The number of rotatable bonds is 6. The van der Waals surface area contributed by atoms with E-state index in [2.05, 4.69) is 22.3 Å². The summed E-state index contributed by atoms with van der Waals surface area (Å²) < 4.78 is 5.15. The molecular weight excluding hydrogens is 316 g/mol. The van der Waals surface area contributed by atoms with E-state index in [0.717, 1.165) is 31.1 Å². The molecule has 0 atom stereocenters. The summed E-state index contributed by atoms with van der Waals surface area (Å²) in [5.41, 5.74) is 1.15. The summed E-state index contributed by atoms with van der Waals surface area (Å²) in [5, 5.41) is 13.1. The Balaban J connectivity index is 1.65. The van der Waals surface area contributed by atoms with Crippen molar-refractivity contribution in [3.8, 4) is 5.75 Å². The van der Waals surface area contributed by atoms with Crippen molar-refractivity contribution < 1.29 is 14.6 Å². The number of nitrogens with zero attached hydrogens (tertiary/aromatic N) is 1. The highest BCUT2D eigenvalue weighted by molar-refractivity contribution is 5.83. The third kappa shape index (κ3) is 4.12. The SMILES string of the molecule is COc1ccc(NC2(C(=O)O)CCN(Cc3ccccc3)CC2)cc1. The van der Waals surface area contributed by atoms with Gasteiger partial charge in [-0.2, -0.15) is 0 Å². The molecule has 0 aliphatic carbocycles. The van der Waals surface area contributed by atoms with Gasteiger partial charge in [-0.25, -0.2) is 4.79 Å². The Hall–Kier alpha value is -2.53. The molecular formula is C20H24N2O3. The van der Waals surface area contributed by atoms with Crippen LogP contribution in [0.3, 0.4) is 0 Å². The third-order valence-corrected chi connectivity index (χ3v) is 4.84. The molecule has 0 bridgehead atoms. The predicted molar refractivity (Wildman–Crippen MR) is 97.9 cm³/mol. The van der Waals surface area contributed by atoms with E-state index in [9.17, 15) is 9.90 Å². The molecule has 0 amide bonds. The summed E-state index contributed by atoms with van der Waals surface area (Å²) in [6.07, 6.45) is 1.14. The molecule has 5 heteroatoms. The molecule has 0 saturated carbocycles. The first-order valence-electron chi connectivity index (χ1n) is 8.53. The van der Waals surface area contributed by atoms with Crippen LogP contribution in [-0.4, -0.2) is 41.7 Å². The number of methoxy groups -OCH3 is 1. The van der Waals surface area contributed by atoms with Crippen LogP contribution in [0.25, 0.3) is 0 Å². The van der Waals surface area contributed by atoms with E-state index >= 15 is 0 Å². The number of hydrogen-bond acceptors (Lipinski definition) is 4. The van der Waals surface area contributed by atoms with E-state index in [1.807, 2.05) is 42.5 Å². The molecule has 5 nitrogen and oxygen atoms in total. The lowest BCUT2D eigenvalue weighted by Gasteiger charge is -2.40. The minimum absolute atomic E-state index is 0.571. The van der Waals surface area contributed by atoms with Crippen LogP contribution in [0, 0.1) is 0 Å². The number of benzene rings is 2. The number of carboxylic acids is 1. The van der Waals surface area contributed by atoms with Gasteiger partial charge in [0.05, 0.1) is 7.11 Å². The lowest BCUT2D eigenvalue weighted by molar-refractivity contribution is -0.144. The summed E-state index contributed by atoms with van der Waals surface area (Å²) in [7, 11) is 1.61. The van der Waals surface area contributed by atoms with Crippen molar-refractivity contribution in [3.05, 3.63) is 60.2 Å². The lowest BCUT2D eigenvalue weighted by Crippen LogP contribution is -2.54. The zero-order valence-corrected chi connectivity index (χ0v) is 14.4. The van der Waals surface area contributed by atoms with Gasteiger partial charge in [0.1, 0.15) is 11.3 Å². The van der Waals surface area contributed by atoms with E-state index in [-0.39, 0.29) is 0 Å². The Morgan fingerprint density at radius 2 is 1.76 bits per heavy atom. The number of anilines is 1. The monoisotopic (exact) mass is 340 g/mol. The minimum atomic E-state index is -0.915. The van der Waals surface area contributed by atoms with E-state index in [4.69, 9.17) is 4.74 Å². The van der Waals surface area contributed by atoms with Gasteiger partial charge in [0, 0.05) is 25.3 Å². The molecule has 1 saturated heterocycles. The number of hydrogen-bond donors (Lipinski definition) is 2. The summed E-state index contributed by atoms with van der Waals surface area (Å²) >= 11 is 0. The third-order valence-electron chi connectivity index (χ3n) is 4.84. The maximum Gasteiger partial charge on any atom is 0.329 e. The van der Waals surface area contributed by atoms with Crippen molar-refractivity contribution in [2.45, 2.75) is 24.9 Å². The van der Waals surface area contributed by atoms with Gasteiger partial charge in [-0.3, -0.25) is 4.90 Å². The molecule has 2 aromatic rings. The first-order chi connectivity index (χ1) is 12.1. The summed E-state index contributed by atoms with van der Waals surface area (Å²) in [6, 6.07) is 17.7. The highest BCUT2D eigenvalue weighted by atomic mass is 16.5. The minimum Gasteiger partial charge on any atom is -0.497 e. The van der Waals surface area contributed by atoms with Gasteiger partial charge in [0.15, 0.2) is 0 Å². The number of carboxylic acid groups (broad SMARTS) is 1. The second kappa shape index (κ2) is 7.57. The fourth-order valence-corrected chi connectivity index (χ4v) is 3.28. The van der Waals surface area contributed by atoms with Crippen molar-refractivity contribution in [2.24, 2.45) is 0 Å². The molecule has 0 unspecified atom stereocenters. The Morgan fingerprint density at radius 3 is 2.32 bits per heavy atom. The largest absolute Gasteiger partial charge is 0.497 e. The fraction of sp³-hybridized carbons (Fsp3) is 0.350. The second-order valence-corrected chi connectivity index (χ2v) is 6.50. The molecule has 1 heterocycles. The van der Waals surface area contributed by atoms with Gasteiger partial charge < -0.3 is 15.2 Å². The maximum absolute atomic E-state index is 12.0. The van der Waals surface area contributed by atoms with Gasteiger partial charge in [0.25, 0.3) is 0 Å². The zero-order valence-electron chi connectivity index (χ0n) is 14.4. The summed E-state index contributed by atoms with van der Waals surface area (Å²) in [5.74, 6) is -0.0321. The average molecular weight is 340 g/mol. The van der Waals surface area contributed by atoms with Crippen molar-refractivity contribution in [3.63, 3.8) is 0 Å². The van der Waals surface area contributed by atoms with Crippen LogP contribution in [-0.2, 0) is 11.3 Å². The van der Waals surface area contributed by atoms with Crippen LogP contribution in [0.4, 0.5) is 5.69 Å². The number of piperidine rings is 1. The molecule has 25 heavy (non-hydrogen) atoms. The van der Waals surface area contributed by atoms with E-state index in [1.54, 1.807) is 7.11 Å². The number of carbonyl (C=O) groups is 1. The van der Waals surface area contributed by atoms with Crippen molar-refractivity contribution in [1.82, 2.24) is 4.90 Å². The molecule has 3 rings (SSSR count). The highest BCUT2D eigenvalue weighted by Gasteiger charge is 2.41. The Kier molecular flexibility index (Phi) is 5.24. The molecule has 2 aromatic carbocycles. The Bertz CT molecular complexity index is 693. The van der Waals surface area contributed by atoms with Crippen LogP contribution in [0.2, 0.25) is 0 Å². The van der Waals surface area contributed by atoms with Crippen molar-refractivity contribution in [1.29, 1.82) is 0 Å². The van der Waals surface area contributed by atoms with Crippen molar-refractivity contribution in [2.75, 3.05) is 25.5 Å². The number of ether oxygens (including phenoxy) is 1. The summed E-state index contributed by atoms with van der Waals surface area (Å²) in [6.45, 7) is 2.37. The normalized spacial score (nSPS) is 17.0. The molecule has 1 aliphatic heterocycles. The van der Waals surface area contributed by atoms with Gasteiger partial charge in [0.2, 0.25) is 0 Å². The molecule has 132 valence electrons. The summed E-state index contributed by atoms with van der Waals surface area (Å²) in [4.78, 5) is 14.3. The molecule has 2 N–H and O–H groups in total. The average Bonchev–Trinajstić information content (AvgIpc) is 2.65. The Morgan fingerprint density at radius 1 is 1.12 bits per heavy atom. The number of likely N-dealkylation sites (tertiary alicyclic amines) is 1. The smallest absolute Gasteiger partial charge is 0.329 e. The molecule has 0 aromatic heterocycles. The van der Waals surface area contributed by atoms with Crippen LogP contribution in [0.1, 0.15) is 18.4 Å². The van der Waals surface area contributed by atoms with E-state index in [0.29, 0.717) is 12.8 Å². The lowest BCUT2D eigenvalue weighted by atomic mass is 9.87. The number of nitrogens with one attached hydrogen (secondary N) is 1. The molecule has 1 aliphatic rings. The highest BCUT2D eigenvalue weighted by Crippen LogP contribution is 2.29. The molecule has 0 radical (unpaired) electrons. The van der Waals surface area contributed by atoms with Crippen LogP contribution >= 0.6 is 0 Å². The van der Waals surface area contributed by atoms with Gasteiger partial charge in [-0.15, -0.1) is 0 Å². The second-order valence-electron chi connectivity index (χ2n) is 6.50. The molecule has 0 spiro atoms. The molecule has 1 fully saturated rings. The maximum atomic E-state index is 12.0. The predicted octanol–water partition coefficient (Wildman–Crippen LogP) is 3.23. The topological polar surface area (TPSA) is 61.8 Å². The van der Waals surface area contributed by atoms with Crippen LogP contribution in [0.15, 0.2) is 54.6 Å². The fourth-order valence-electron chi connectivity index (χ4n) is 3.28. The zero-order chi connectivity index (χ0) is 17.7. The van der Waals surface area contributed by atoms with E-state index < -0.39 is 11.5 Å². The van der Waals surface area contributed by atoms with Crippen LogP contribution < -0.4 is 10.1 Å². The van der Waals surface area contributed by atoms with Gasteiger partial charge in [-0.1, -0.05) is 30.3 Å².